The second-order valence-corrected chi connectivity index (χ2v) is 6.35. The molecule has 1 fully saturated rings. The average molecular weight is 382 g/mol. The first-order chi connectivity index (χ1) is 13.1. The van der Waals surface area contributed by atoms with Crippen LogP contribution in [0, 0.1) is 10.1 Å². The van der Waals surface area contributed by atoms with Crippen LogP contribution in [-0.4, -0.2) is 33.8 Å². The van der Waals surface area contributed by atoms with Crippen LogP contribution in [-0.2, 0) is 6.54 Å². The number of benzene rings is 2. The van der Waals surface area contributed by atoms with Crippen LogP contribution in [0.2, 0.25) is 0 Å². The van der Waals surface area contributed by atoms with Crippen LogP contribution < -0.4 is 10.6 Å². The van der Waals surface area contributed by atoms with E-state index in [1.54, 1.807) is 30.3 Å². The first-order valence-electron chi connectivity index (χ1n) is 8.38. The maximum absolute atomic E-state index is 12.3. The Labute approximate surface area is 161 Å². The molecule has 1 heterocycles. The summed E-state index contributed by atoms with van der Waals surface area (Å²) < 4.78 is 0. The number of carbonyl (C=O) groups excluding carboxylic acids is 1. The third-order valence-corrected chi connectivity index (χ3v) is 4.39. The van der Waals surface area contributed by atoms with Crippen LogP contribution in [0.1, 0.15) is 15.9 Å². The molecule has 1 aliphatic rings. The molecule has 1 aliphatic heterocycles. The Balaban J connectivity index is 1.83. The fourth-order valence-electron chi connectivity index (χ4n) is 2.83. The van der Waals surface area contributed by atoms with E-state index < -0.39 is 10.8 Å². The molecule has 0 spiro atoms. The molecule has 7 nitrogen and oxygen atoms in total. The monoisotopic (exact) mass is 382 g/mol. The normalized spacial score (nSPS) is 15.0. The fraction of sp³-hybridized carbons (Fsp3) is 0.158. The highest BCUT2D eigenvalue weighted by Crippen LogP contribution is 2.18. The van der Waals surface area contributed by atoms with Gasteiger partial charge < -0.3 is 15.5 Å². The first-order valence-corrected chi connectivity index (χ1v) is 8.79. The predicted molar refractivity (Wildman–Crippen MR) is 105 cm³/mol. The minimum atomic E-state index is -0.556. The Hall–Kier alpha value is -3.26. The molecule has 8 heteroatoms. The standard InChI is InChI=1S/C19H18N4O3S/c24-18(15-9-5-2-6-10-15)21-19(27)16(23(25)26)17-20-11-12-22(17)13-14-7-3-1-4-8-14/h1-10,20H,11-13H2,(H,21,24,27)/b17-16-. The minimum absolute atomic E-state index is 0.212. The van der Waals surface area contributed by atoms with Crippen molar-refractivity contribution in [1.29, 1.82) is 0 Å². The lowest BCUT2D eigenvalue weighted by Gasteiger charge is -2.19. The van der Waals surface area contributed by atoms with E-state index in [2.05, 4.69) is 10.6 Å². The van der Waals surface area contributed by atoms with Gasteiger partial charge >= 0.3 is 5.70 Å². The highest BCUT2D eigenvalue weighted by Gasteiger charge is 2.32. The Morgan fingerprint density at radius 1 is 1.15 bits per heavy atom. The summed E-state index contributed by atoms with van der Waals surface area (Å²) in [5.41, 5.74) is 1.11. The van der Waals surface area contributed by atoms with Gasteiger partial charge in [0, 0.05) is 25.2 Å². The summed E-state index contributed by atoms with van der Waals surface area (Å²) in [6, 6.07) is 18.1. The Kier molecular flexibility index (Phi) is 5.77. The molecule has 138 valence electrons. The van der Waals surface area contributed by atoms with E-state index in [0.29, 0.717) is 31.0 Å². The molecule has 2 N–H and O–H groups in total. The zero-order valence-corrected chi connectivity index (χ0v) is 15.2. The smallest absolute Gasteiger partial charge is 0.343 e. The molecule has 0 aliphatic carbocycles. The molecular formula is C19H18N4O3S. The number of nitrogens with one attached hydrogen (secondary N) is 2. The lowest BCUT2D eigenvalue weighted by atomic mass is 10.2. The quantitative estimate of drug-likeness (QED) is 0.357. The summed E-state index contributed by atoms with van der Waals surface area (Å²) >= 11 is 5.18. The highest BCUT2D eigenvalue weighted by molar-refractivity contribution is 7.80. The zero-order chi connectivity index (χ0) is 19.2. The summed E-state index contributed by atoms with van der Waals surface area (Å²) in [7, 11) is 0. The van der Waals surface area contributed by atoms with Crippen molar-refractivity contribution in [2.45, 2.75) is 6.54 Å². The Morgan fingerprint density at radius 3 is 2.41 bits per heavy atom. The van der Waals surface area contributed by atoms with Crippen molar-refractivity contribution in [1.82, 2.24) is 15.5 Å². The topological polar surface area (TPSA) is 87.5 Å². The Bertz CT molecular complexity index is 884. The molecule has 2 aromatic rings. The maximum atomic E-state index is 12.3. The van der Waals surface area contributed by atoms with Crippen molar-refractivity contribution in [2.75, 3.05) is 13.1 Å². The predicted octanol–water partition coefficient (Wildman–Crippen LogP) is 2.30. The number of carbonyl (C=O) groups is 1. The molecule has 0 radical (unpaired) electrons. The van der Waals surface area contributed by atoms with Crippen LogP contribution in [0.25, 0.3) is 0 Å². The number of hydrogen-bond donors (Lipinski definition) is 2. The number of thiocarbonyl (C=S) groups is 1. The van der Waals surface area contributed by atoms with Crippen molar-refractivity contribution in [3.63, 3.8) is 0 Å². The second-order valence-electron chi connectivity index (χ2n) is 5.94. The van der Waals surface area contributed by atoms with Crippen molar-refractivity contribution < 1.29 is 9.72 Å². The van der Waals surface area contributed by atoms with Gasteiger partial charge in [0.15, 0.2) is 10.8 Å². The van der Waals surface area contributed by atoms with Crippen LogP contribution in [0.3, 0.4) is 0 Å². The van der Waals surface area contributed by atoms with E-state index >= 15 is 0 Å². The fourth-order valence-corrected chi connectivity index (χ4v) is 3.09. The van der Waals surface area contributed by atoms with Gasteiger partial charge in [0.2, 0.25) is 0 Å². The van der Waals surface area contributed by atoms with Gasteiger partial charge in [-0.15, -0.1) is 0 Å². The molecule has 0 atom stereocenters. The molecule has 0 aromatic heterocycles. The second kappa shape index (κ2) is 8.41. The number of amides is 1. The lowest BCUT2D eigenvalue weighted by molar-refractivity contribution is -0.417. The molecule has 1 saturated heterocycles. The van der Waals surface area contributed by atoms with E-state index in [0.717, 1.165) is 5.56 Å². The van der Waals surface area contributed by atoms with Crippen LogP contribution in [0.5, 0.6) is 0 Å². The number of hydrogen-bond acceptors (Lipinski definition) is 6. The van der Waals surface area contributed by atoms with Crippen molar-refractivity contribution in [3.8, 4) is 0 Å². The molecule has 3 rings (SSSR count). The van der Waals surface area contributed by atoms with Gasteiger partial charge in [0.05, 0.1) is 4.92 Å². The van der Waals surface area contributed by atoms with E-state index in [-0.39, 0.29) is 10.7 Å². The summed E-state index contributed by atoms with van der Waals surface area (Å²) in [6.07, 6.45) is 0. The zero-order valence-electron chi connectivity index (χ0n) is 14.4. The summed E-state index contributed by atoms with van der Waals surface area (Å²) in [4.78, 5) is 25.1. The number of nitro groups is 1. The maximum Gasteiger partial charge on any atom is 0.343 e. The summed E-state index contributed by atoms with van der Waals surface area (Å²) in [6.45, 7) is 1.68. The summed E-state index contributed by atoms with van der Waals surface area (Å²) in [5.74, 6) is -0.157. The molecule has 0 saturated carbocycles. The van der Waals surface area contributed by atoms with Crippen LogP contribution in [0.4, 0.5) is 0 Å². The largest absolute Gasteiger partial charge is 0.364 e. The molecule has 0 bridgehead atoms. The average Bonchev–Trinajstić information content (AvgIpc) is 3.10. The van der Waals surface area contributed by atoms with Gasteiger partial charge in [-0.05, 0) is 17.7 Å². The Morgan fingerprint density at radius 2 is 1.78 bits per heavy atom. The minimum Gasteiger partial charge on any atom is -0.364 e. The van der Waals surface area contributed by atoms with E-state index in [9.17, 15) is 14.9 Å². The van der Waals surface area contributed by atoms with E-state index in [1.807, 2.05) is 35.2 Å². The van der Waals surface area contributed by atoms with Crippen LogP contribution in [0.15, 0.2) is 72.2 Å². The van der Waals surface area contributed by atoms with Gasteiger partial charge in [-0.3, -0.25) is 14.9 Å². The lowest BCUT2D eigenvalue weighted by Crippen LogP contribution is -2.36. The van der Waals surface area contributed by atoms with Crippen molar-refractivity contribution in [3.05, 3.63) is 93.4 Å². The number of nitrogens with zero attached hydrogens (tertiary/aromatic N) is 2. The number of rotatable bonds is 5. The molecule has 1 amide bonds. The van der Waals surface area contributed by atoms with Gasteiger partial charge in [-0.1, -0.05) is 60.7 Å². The third-order valence-electron chi connectivity index (χ3n) is 4.09. The van der Waals surface area contributed by atoms with E-state index in [1.165, 1.54) is 0 Å². The van der Waals surface area contributed by atoms with Crippen molar-refractivity contribution >= 4 is 23.1 Å². The summed E-state index contributed by atoms with van der Waals surface area (Å²) in [5, 5.41) is 17.2. The van der Waals surface area contributed by atoms with Gasteiger partial charge in [0.25, 0.3) is 5.91 Å². The highest BCUT2D eigenvalue weighted by atomic mass is 32.1. The van der Waals surface area contributed by atoms with Gasteiger partial charge in [-0.25, -0.2) is 0 Å². The van der Waals surface area contributed by atoms with Gasteiger partial charge in [0.1, 0.15) is 0 Å². The van der Waals surface area contributed by atoms with Gasteiger partial charge in [-0.2, -0.15) is 0 Å². The third kappa shape index (κ3) is 4.48. The van der Waals surface area contributed by atoms with Crippen LogP contribution >= 0.6 is 12.2 Å². The van der Waals surface area contributed by atoms with E-state index in [4.69, 9.17) is 12.2 Å². The molecular weight excluding hydrogens is 364 g/mol. The van der Waals surface area contributed by atoms with Crippen molar-refractivity contribution in [2.24, 2.45) is 0 Å². The first kappa shape index (κ1) is 18.5. The SMILES string of the molecule is O=C(NC(=S)/C(=C1\NCCN1Cc1ccccc1)[N+](=O)[O-])c1ccccc1. The molecule has 27 heavy (non-hydrogen) atoms. The molecule has 0 unspecified atom stereocenters. The molecule has 2 aromatic carbocycles.